The van der Waals surface area contributed by atoms with Crippen LogP contribution in [0.15, 0.2) is 30.3 Å². The van der Waals surface area contributed by atoms with Crippen molar-refractivity contribution in [1.82, 2.24) is 23.8 Å². The predicted molar refractivity (Wildman–Crippen MR) is 140 cm³/mol. The zero-order chi connectivity index (χ0) is 26.1. The van der Waals surface area contributed by atoms with Crippen LogP contribution < -0.4 is 9.64 Å². The van der Waals surface area contributed by atoms with E-state index in [4.69, 9.17) is 9.47 Å². The first kappa shape index (κ1) is 25.6. The Balaban J connectivity index is 1.25. The highest BCUT2D eigenvalue weighted by molar-refractivity contribution is 7.82. The van der Waals surface area contributed by atoms with Gasteiger partial charge in [-0.05, 0) is 50.2 Å². The third-order valence-electron chi connectivity index (χ3n) is 7.63. The number of hydrogen-bond acceptors (Lipinski definition) is 7. The monoisotopic (exact) mass is 546 g/mol. The van der Waals surface area contributed by atoms with Crippen LogP contribution in [-0.4, -0.2) is 79.3 Å². The molecule has 1 aromatic carbocycles. The number of imidazole rings is 1. The van der Waals surface area contributed by atoms with Crippen molar-refractivity contribution in [2.24, 2.45) is 5.92 Å². The Morgan fingerprint density at radius 2 is 1.84 bits per heavy atom. The van der Waals surface area contributed by atoms with Crippen molar-refractivity contribution >= 4 is 28.0 Å². The van der Waals surface area contributed by atoms with E-state index in [0.717, 1.165) is 44.4 Å². The number of anilines is 1. The van der Waals surface area contributed by atoms with Crippen LogP contribution in [0, 0.1) is 5.92 Å². The first-order chi connectivity index (χ1) is 18.6. The summed E-state index contributed by atoms with van der Waals surface area (Å²) < 4.78 is 55.6. The number of hydrogen-bond donors (Lipinski definition) is 0. The summed E-state index contributed by atoms with van der Waals surface area (Å²) in [4.78, 5) is 15.5. The van der Waals surface area contributed by atoms with Gasteiger partial charge in [-0.3, -0.25) is 4.57 Å². The molecule has 0 N–H and O–H groups in total. The Morgan fingerprint density at radius 1 is 1.05 bits per heavy atom. The molecule has 0 bridgehead atoms. The lowest BCUT2D eigenvalue weighted by atomic mass is 9.86. The van der Waals surface area contributed by atoms with Crippen molar-refractivity contribution in [1.29, 1.82) is 0 Å². The molecule has 12 heteroatoms. The van der Waals surface area contributed by atoms with Gasteiger partial charge in [0.1, 0.15) is 5.82 Å². The van der Waals surface area contributed by atoms with E-state index in [1.807, 2.05) is 4.90 Å². The number of ether oxygens (including phenoxy) is 2. The van der Waals surface area contributed by atoms with E-state index in [0.29, 0.717) is 73.5 Å². The first-order valence-electron chi connectivity index (χ1n) is 13.3. The number of para-hydroxylation sites is 2. The Morgan fingerprint density at radius 3 is 2.58 bits per heavy atom. The molecule has 3 aromatic rings. The number of fused-ring (bicyclic) bond motifs is 1. The van der Waals surface area contributed by atoms with Crippen LogP contribution in [0.5, 0.6) is 5.88 Å². The molecule has 1 unspecified atom stereocenters. The summed E-state index contributed by atoms with van der Waals surface area (Å²) in [5, 5.41) is 0. The average Bonchev–Trinajstić information content (AvgIpc) is 3.56. The maximum Gasteiger partial charge on any atom is 0.296 e. The van der Waals surface area contributed by atoms with Gasteiger partial charge in [-0.1, -0.05) is 12.1 Å². The summed E-state index contributed by atoms with van der Waals surface area (Å²) in [6.07, 6.45) is 2.24. The lowest BCUT2D eigenvalue weighted by Crippen LogP contribution is -2.38. The number of alkyl halides is 2. The summed E-state index contributed by atoms with van der Waals surface area (Å²) in [7, 11) is -0.831. The summed E-state index contributed by atoms with van der Waals surface area (Å²) >= 11 is 0. The number of benzene rings is 1. The number of halogens is 2. The number of morpholine rings is 1. The second-order valence-electron chi connectivity index (χ2n) is 10.1. The Labute approximate surface area is 222 Å². The molecule has 9 nitrogen and oxygen atoms in total. The molecule has 0 amide bonds. The second kappa shape index (κ2) is 11.2. The lowest BCUT2D eigenvalue weighted by Gasteiger charge is -2.33. The van der Waals surface area contributed by atoms with Gasteiger partial charge in [-0.25, -0.2) is 22.3 Å². The van der Waals surface area contributed by atoms with Gasteiger partial charge >= 0.3 is 0 Å². The quantitative estimate of drug-likeness (QED) is 0.444. The van der Waals surface area contributed by atoms with Gasteiger partial charge in [0.25, 0.3) is 6.43 Å². The van der Waals surface area contributed by atoms with Crippen LogP contribution in [0.2, 0.25) is 0 Å². The number of nitrogens with zero attached hydrogens (tertiary/aromatic N) is 6. The molecule has 0 radical (unpaired) electrons. The largest absolute Gasteiger partial charge is 0.477 e. The molecule has 6 rings (SSSR count). The second-order valence-corrected chi connectivity index (χ2v) is 11.6. The molecular formula is C26H32F2N6O3S. The third kappa shape index (κ3) is 5.26. The Hall–Kier alpha value is -2.70. The topological polar surface area (TPSA) is 85.6 Å². The average molecular weight is 547 g/mol. The SMILES string of the molecule is O=S1CCCN1C1CCC(COc2cc(-n3c(C(F)F)nc4ccccc43)nc(N3CCOCC3)n2)CC1. The van der Waals surface area contributed by atoms with E-state index in [9.17, 15) is 13.0 Å². The Bertz CT molecular complexity index is 1290. The molecule has 1 saturated carbocycles. The molecule has 4 heterocycles. The first-order valence-corrected chi connectivity index (χ1v) is 14.6. The van der Waals surface area contributed by atoms with E-state index in [-0.39, 0.29) is 5.82 Å². The van der Waals surface area contributed by atoms with Gasteiger partial charge in [0.05, 0.1) is 41.8 Å². The molecular weight excluding hydrogens is 514 g/mol. The van der Waals surface area contributed by atoms with Gasteiger partial charge in [-0.15, -0.1) is 0 Å². The smallest absolute Gasteiger partial charge is 0.296 e. The highest BCUT2D eigenvalue weighted by Crippen LogP contribution is 2.32. The molecule has 38 heavy (non-hydrogen) atoms. The van der Waals surface area contributed by atoms with E-state index >= 15 is 0 Å². The standard InChI is InChI=1S/C26H32F2N6O3S/c27-24(28)25-29-20-4-1-2-5-21(20)34(25)22-16-23(31-26(30-22)32-11-13-36-14-12-32)37-17-18-6-8-19(9-7-18)33-10-3-15-38(33)35/h1-2,4-5,16,18-19,24H,3,6-15,17H2. The number of rotatable bonds is 7. The highest BCUT2D eigenvalue weighted by Gasteiger charge is 2.32. The van der Waals surface area contributed by atoms with Crippen LogP contribution >= 0.6 is 0 Å². The fourth-order valence-corrected chi connectivity index (χ4v) is 7.13. The van der Waals surface area contributed by atoms with Crippen molar-refractivity contribution in [2.75, 3.05) is 50.1 Å². The van der Waals surface area contributed by atoms with Crippen LogP contribution in [0.25, 0.3) is 16.9 Å². The van der Waals surface area contributed by atoms with E-state index < -0.39 is 17.4 Å². The van der Waals surface area contributed by atoms with Gasteiger partial charge < -0.3 is 14.4 Å². The summed E-state index contributed by atoms with van der Waals surface area (Å²) in [6, 6.07) is 9.06. The van der Waals surface area contributed by atoms with E-state index in [1.165, 1.54) is 4.57 Å². The van der Waals surface area contributed by atoms with Crippen LogP contribution in [0.4, 0.5) is 14.7 Å². The Kier molecular flexibility index (Phi) is 7.53. The molecule has 3 fully saturated rings. The predicted octanol–water partition coefficient (Wildman–Crippen LogP) is 3.90. The van der Waals surface area contributed by atoms with Gasteiger partial charge in [-0.2, -0.15) is 9.97 Å². The molecule has 2 saturated heterocycles. The van der Waals surface area contributed by atoms with Crippen molar-refractivity contribution in [3.8, 4) is 11.7 Å². The lowest BCUT2D eigenvalue weighted by molar-refractivity contribution is 0.121. The highest BCUT2D eigenvalue weighted by atomic mass is 32.2. The minimum atomic E-state index is -2.77. The van der Waals surface area contributed by atoms with Crippen LogP contribution in [-0.2, 0) is 15.7 Å². The minimum absolute atomic E-state index is 0.306. The fourth-order valence-electron chi connectivity index (χ4n) is 5.64. The van der Waals surface area contributed by atoms with Gasteiger partial charge in [0, 0.05) is 37.5 Å². The van der Waals surface area contributed by atoms with Gasteiger partial charge in [0.2, 0.25) is 11.8 Å². The molecule has 2 aliphatic heterocycles. The minimum Gasteiger partial charge on any atom is -0.477 e. The van der Waals surface area contributed by atoms with Crippen molar-refractivity contribution in [3.05, 3.63) is 36.2 Å². The van der Waals surface area contributed by atoms with Crippen LogP contribution in [0.1, 0.15) is 44.4 Å². The van der Waals surface area contributed by atoms with Crippen LogP contribution in [0.3, 0.4) is 0 Å². The van der Waals surface area contributed by atoms with E-state index in [1.54, 1.807) is 30.3 Å². The molecule has 1 aliphatic carbocycles. The third-order valence-corrected chi connectivity index (χ3v) is 9.27. The molecule has 1 atom stereocenters. The molecule has 204 valence electrons. The van der Waals surface area contributed by atoms with Crippen molar-refractivity contribution in [2.45, 2.75) is 44.6 Å². The maximum atomic E-state index is 14.1. The summed E-state index contributed by atoms with van der Waals surface area (Å²) in [5.74, 6) is 1.88. The molecule has 2 aromatic heterocycles. The van der Waals surface area contributed by atoms with Crippen molar-refractivity contribution in [3.63, 3.8) is 0 Å². The van der Waals surface area contributed by atoms with Crippen molar-refractivity contribution < 1.29 is 22.5 Å². The summed E-state index contributed by atoms with van der Waals surface area (Å²) in [5.41, 5.74) is 1.03. The number of aromatic nitrogens is 4. The zero-order valence-electron chi connectivity index (χ0n) is 21.2. The zero-order valence-corrected chi connectivity index (χ0v) is 22.0. The fraction of sp³-hybridized carbons (Fsp3) is 0.577. The molecule has 0 spiro atoms. The summed E-state index contributed by atoms with van der Waals surface area (Å²) in [6.45, 7) is 3.72. The van der Waals surface area contributed by atoms with E-state index in [2.05, 4.69) is 19.3 Å². The molecule has 3 aliphatic rings. The van der Waals surface area contributed by atoms with Gasteiger partial charge in [0.15, 0.2) is 5.82 Å². The maximum absolute atomic E-state index is 14.1. The normalized spacial score (nSPS) is 24.9.